The van der Waals surface area contributed by atoms with E-state index in [0.29, 0.717) is 30.7 Å². The van der Waals surface area contributed by atoms with Crippen LogP contribution in [-0.4, -0.2) is 35.8 Å². The molecule has 0 bridgehead atoms. The molecule has 7 heteroatoms. The van der Waals surface area contributed by atoms with E-state index in [4.69, 9.17) is 9.26 Å². The van der Waals surface area contributed by atoms with Crippen LogP contribution in [0, 0.1) is 0 Å². The first-order chi connectivity index (χ1) is 8.08. The standard InChI is InChI=1S/C10H17F2N3O2/c1-7(2)13-5-9-14-10(17-15-9)3-4-16-6-8(11)12/h7-8,13H,3-6H2,1-2H3. The first-order valence-corrected chi connectivity index (χ1v) is 5.48. The van der Waals surface area contributed by atoms with Crippen molar-refractivity contribution < 1.29 is 18.0 Å². The molecule has 98 valence electrons. The van der Waals surface area contributed by atoms with E-state index in [0.717, 1.165) is 0 Å². The Kier molecular flexibility index (Phi) is 5.99. The van der Waals surface area contributed by atoms with Gasteiger partial charge in [0.2, 0.25) is 5.89 Å². The van der Waals surface area contributed by atoms with Crippen molar-refractivity contribution in [2.24, 2.45) is 0 Å². The Hall–Kier alpha value is -1.08. The van der Waals surface area contributed by atoms with Crippen LogP contribution in [0.1, 0.15) is 25.6 Å². The predicted molar refractivity (Wildman–Crippen MR) is 56.8 cm³/mol. The summed E-state index contributed by atoms with van der Waals surface area (Å²) in [4.78, 5) is 4.09. The zero-order chi connectivity index (χ0) is 12.7. The Morgan fingerprint density at radius 2 is 2.18 bits per heavy atom. The molecule has 1 heterocycles. The number of aromatic nitrogens is 2. The quantitative estimate of drug-likeness (QED) is 0.705. The van der Waals surface area contributed by atoms with Crippen molar-refractivity contribution in [1.82, 2.24) is 15.5 Å². The highest BCUT2D eigenvalue weighted by atomic mass is 19.3. The Labute approximate surface area is 98.5 Å². The summed E-state index contributed by atoms with van der Waals surface area (Å²) in [7, 11) is 0. The highest BCUT2D eigenvalue weighted by Gasteiger charge is 2.07. The molecule has 0 fully saturated rings. The van der Waals surface area contributed by atoms with Gasteiger partial charge in [-0.15, -0.1) is 0 Å². The fourth-order valence-electron chi connectivity index (χ4n) is 1.09. The summed E-state index contributed by atoms with van der Waals surface area (Å²) in [6.45, 7) is 4.15. The molecule has 0 aliphatic rings. The lowest BCUT2D eigenvalue weighted by atomic mass is 10.4. The van der Waals surface area contributed by atoms with E-state index in [2.05, 4.69) is 15.5 Å². The minimum atomic E-state index is -2.44. The number of hydrogen-bond donors (Lipinski definition) is 1. The van der Waals surface area contributed by atoms with Crippen molar-refractivity contribution in [3.05, 3.63) is 11.7 Å². The molecule has 0 unspecified atom stereocenters. The van der Waals surface area contributed by atoms with Crippen LogP contribution in [0.15, 0.2) is 4.52 Å². The van der Waals surface area contributed by atoms with E-state index in [1.807, 2.05) is 13.8 Å². The van der Waals surface area contributed by atoms with E-state index >= 15 is 0 Å². The van der Waals surface area contributed by atoms with Gasteiger partial charge in [0.25, 0.3) is 6.43 Å². The molecule has 0 spiro atoms. The van der Waals surface area contributed by atoms with Crippen molar-refractivity contribution in [1.29, 1.82) is 0 Å². The largest absolute Gasteiger partial charge is 0.375 e. The molecule has 0 aromatic carbocycles. The van der Waals surface area contributed by atoms with Crippen LogP contribution in [-0.2, 0) is 17.7 Å². The fraction of sp³-hybridized carbons (Fsp3) is 0.800. The predicted octanol–water partition coefficient (Wildman–Crippen LogP) is 1.39. The van der Waals surface area contributed by atoms with Crippen LogP contribution in [0.2, 0.25) is 0 Å². The third kappa shape index (κ3) is 6.28. The second kappa shape index (κ2) is 7.29. The first kappa shape index (κ1) is 14.0. The van der Waals surface area contributed by atoms with Crippen molar-refractivity contribution >= 4 is 0 Å². The summed E-state index contributed by atoms with van der Waals surface area (Å²) in [6, 6.07) is 0.339. The maximum atomic E-state index is 11.8. The highest BCUT2D eigenvalue weighted by molar-refractivity contribution is 4.86. The Morgan fingerprint density at radius 3 is 2.82 bits per heavy atom. The summed E-state index contributed by atoms with van der Waals surface area (Å²) in [5.74, 6) is 0.961. The van der Waals surface area contributed by atoms with Gasteiger partial charge in [-0.2, -0.15) is 4.98 Å². The molecule has 0 aliphatic carbocycles. The van der Waals surface area contributed by atoms with Crippen LogP contribution in [0.4, 0.5) is 8.78 Å². The van der Waals surface area contributed by atoms with Gasteiger partial charge in [0, 0.05) is 6.04 Å². The smallest absolute Gasteiger partial charge is 0.261 e. The monoisotopic (exact) mass is 249 g/mol. The Morgan fingerprint density at radius 1 is 1.41 bits per heavy atom. The molecule has 5 nitrogen and oxygen atoms in total. The maximum absolute atomic E-state index is 11.8. The average molecular weight is 249 g/mol. The summed E-state index contributed by atoms with van der Waals surface area (Å²) in [5, 5.41) is 6.89. The number of alkyl halides is 2. The molecular formula is C10H17F2N3O2. The minimum Gasteiger partial charge on any atom is -0.375 e. The number of hydrogen-bond acceptors (Lipinski definition) is 5. The highest BCUT2D eigenvalue weighted by Crippen LogP contribution is 2.00. The molecule has 0 saturated carbocycles. The van der Waals surface area contributed by atoms with Crippen LogP contribution >= 0.6 is 0 Å². The second-order valence-corrected chi connectivity index (χ2v) is 3.86. The van der Waals surface area contributed by atoms with Gasteiger partial charge in [0.05, 0.1) is 19.6 Å². The van der Waals surface area contributed by atoms with Crippen LogP contribution in [0.25, 0.3) is 0 Å². The summed E-state index contributed by atoms with van der Waals surface area (Å²) in [5.41, 5.74) is 0. The van der Waals surface area contributed by atoms with Gasteiger partial charge in [0.1, 0.15) is 6.61 Å². The van der Waals surface area contributed by atoms with Crippen LogP contribution in [0.5, 0.6) is 0 Å². The van der Waals surface area contributed by atoms with Gasteiger partial charge >= 0.3 is 0 Å². The van der Waals surface area contributed by atoms with Crippen LogP contribution < -0.4 is 5.32 Å². The lowest BCUT2D eigenvalue weighted by Crippen LogP contribution is -2.22. The molecular weight excluding hydrogens is 232 g/mol. The SMILES string of the molecule is CC(C)NCc1noc(CCOCC(F)F)n1. The molecule has 0 amide bonds. The van der Waals surface area contributed by atoms with Crippen molar-refractivity contribution in [2.45, 2.75) is 39.3 Å². The molecule has 0 aliphatic heterocycles. The third-order valence-corrected chi connectivity index (χ3v) is 1.88. The molecule has 17 heavy (non-hydrogen) atoms. The number of ether oxygens (including phenoxy) is 1. The van der Waals surface area contributed by atoms with E-state index in [1.165, 1.54) is 0 Å². The zero-order valence-electron chi connectivity index (χ0n) is 9.95. The van der Waals surface area contributed by atoms with E-state index in [-0.39, 0.29) is 6.61 Å². The first-order valence-electron chi connectivity index (χ1n) is 5.48. The molecule has 0 atom stereocenters. The summed E-state index contributed by atoms with van der Waals surface area (Å²) < 4.78 is 33.2. The van der Waals surface area contributed by atoms with E-state index < -0.39 is 13.0 Å². The number of nitrogens with zero attached hydrogens (tertiary/aromatic N) is 2. The average Bonchev–Trinajstić information content (AvgIpc) is 2.69. The number of halogens is 2. The van der Waals surface area contributed by atoms with Crippen LogP contribution in [0.3, 0.4) is 0 Å². The van der Waals surface area contributed by atoms with Crippen molar-refractivity contribution in [3.8, 4) is 0 Å². The second-order valence-electron chi connectivity index (χ2n) is 3.86. The number of nitrogens with one attached hydrogen (secondary N) is 1. The molecule has 1 aromatic heterocycles. The molecule has 1 N–H and O–H groups in total. The summed E-state index contributed by atoms with van der Waals surface area (Å²) >= 11 is 0. The molecule has 1 aromatic rings. The van der Waals surface area contributed by atoms with E-state index in [1.54, 1.807) is 0 Å². The lowest BCUT2D eigenvalue weighted by molar-refractivity contribution is 0.0171. The Balaban J connectivity index is 2.21. The van der Waals surface area contributed by atoms with E-state index in [9.17, 15) is 8.78 Å². The van der Waals surface area contributed by atoms with Gasteiger partial charge in [-0.1, -0.05) is 19.0 Å². The topological polar surface area (TPSA) is 60.2 Å². The lowest BCUT2D eigenvalue weighted by Gasteiger charge is -2.03. The van der Waals surface area contributed by atoms with Crippen molar-refractivity contribution in [2.75, 3.05) is 13.2 Å². The summed E-state index contributed by atoms with van der Waals surface area (Å²) in [6.07, 6.45) is -2.09. The Bertz CT molecular complexity index is 318. The van der Waals surface area contributed by atoms with Crippen molar-refractivity contribution in [3.63, 3.8) is 0 Å². The van der Waals surface area contributed by atoms with Gasteiger partial charge in [0.15, 0.2) is 5.82 Å². The van der Waals surface area contributed by atoms with Gasteiger partial charge in [-0.3, -0.25) is 0 Å². The molecule has 0 radical (unpaired) electrons. The zero-order valence-corrected chi connectivity index (χ0v) is 9.95. The fourth-order valence-corrected chi connectivity index (χ4v) is 1.09. The van der Waals surface area contributed by atoms with Gasteiger partial charge < -0.3 is 14.6 Å². The normalized spacial score (nSPS) is 11.6. The number of rotatable bonds is 8. The van der Waals surface area contributed by atoms with Gasteiger partial charge in [-0.05, 0) is 0 Å². The molecule has 0 saturated heterocycles. The molecule has 1 rings (SSSR count). The van der Waals surface area contributed by atoms with Gasteiger partial charge in [-0.25, -0.2) is 8.78 Å². The third-order valence-electron chi connectivity index (χ3n) is 1.88. The maximum Gasteiger partial charge on any atom is 0.261 e. The minimum absolute atomic E-state index is 0.156.